The number of aromatic nitrogens is 4. The Kier molecular flexibility index (Phi) is 3.96. The summed E-state index contributed by atoms with van der Waals surface area (Å²) in [5.41, 5.74) is 1.88. The van der Waals surface area contributed by atoms with Gasteiger partial charge in [0.05, 0.1) is 29.6 Å². The van der Waals surface area contributed by atoms with E-state index in [0.717, 1.165) is 0 Å². The second-order valence-corrected chi connectivity index (χ2v) is 5.53. The number of fused-ring (bicyclic) bond motifs is 3. The van der Waals surface area contributed by atoms with Gasteiger partial charge in [0.1, 0.15) is 11.3 Å². The highest BCUT2D eigenvalue weighted by atomic mass is 19.1. The van der Waals surface area contributed by atoms with Crippen molar-refractivity contribution in [2.45, 2.75) is 6.92 Å². The fourth-order valence-electron chi connectivity index (χ4n) is 2.89. The van der Waals surface area contributed by atoms with E-state index in [4.69, 9.17) is 4.74 Å². The Labute approximate surface area is 147 Å². The topological polar surface area (TPSA) is 77.9 Å². The monoisotopic (exact) mass is 348 g/mol. The molecule has 0 spiro atoms. The molecule has 2 aromatic carbocycles. The molecule has 0 unspecified atom stereocenters. The van der Waals surface area contributed by atoms with Crippen molar-refractivity contribution in [2.75, 3.05) is 6.61 Å². The minimum Gasteiger partial charge on any atom is -0.462 e. The van der Waals surface area contributed by atoms with E-state index in [9.17, 15) is 9.18 Å². The minimum absolute atomic E-state index is 0.228. The summed E-state index contributed by atoms with van der Waals surface area (Å²) in [4.78, 5) is 21.1. The van der Waals surface area contributed by atoms with Crippen LogP contribution in [0.15, 0.2) is 48.9 Å². The molecule has 0 aliphatic carbocycles. The lowest BCUT2D eigenvalue weighted by Crippen LogP contribution is -2.06. The lowest BCUT2D eigenvalue weighted by atomic mass is 10.0. The molecule has 0 bridgehead atoms. The third-order valence-corrected chi connectivity index (χ3v) is 4.01. The van der Waals surface area contributed by atoms with Crippen LogP contribution < -0.4 is 0 Å². The first-order valence-electron chi connectivity index (χ1n) is 8.02. The van der Waals surface area contributed by atoms with Crippen LogP contribution in [0.3, 0.4) is 0 Å². The third kappa shape index (κ3) is 2.54. The Morgan fingerprint density at radius 2 is 1.92 bits per heavy atom. The summed E-state index contributed by atoms with van der Waals surface area (Å²) in [6.45, 7) is 1.95. The number of hydrogen-bond acceptors (Lipinski definition) is 6. The highest BCUT2D eigenvalue weighted by Gasteiger charge is 2.20. The molecule has 0 saturated carbocycles. The normalized spacial score (nSPS) is 11.0. The van der Waals surface area contributed by atoms with E-state index in [1.165, 1.54) is 24.7 Å². The largest absolute Gasteiger partial charge is 0.462 e. The Morgan fingerprint density at radius 3 is 2.73 bits per heavy atom. The highest BCUT2D eigenvalue weighted by molar-refractivity contribution is 6.15. The van der Waals surface area contributed by atoms with Crippen molar-refractivity contribution < 1.29 is 13.9 Å². The zero-order chi connectivity index (χ0) is 18.1. The van der Waals surface area contributed by atoms with Gasteiger partial charge in [0.15, 0.2) is 0 Å². The van der Waals surface area contributed by atoms with Crippen LogP contribution in [0.4, 0.5) is 4.39 Å². The molecule has 0 radical (unpaired) electrons. The Bertz CT molecular complexity index is 1150. The molecule has 0 atom stereocenters. The maximum absolute atomic E-state index is 14.4. The maximum Gasteiger partial charge on any atom is 0.340 e. The van der Waals surface area contributed by atoms with Crippen LogP contribution >= 0.6 is 0 Å². The maximum atomic E-state index is 14.4. The number of ether oxygens (including phenoxy) is 1. The first-order chi connectivity index (χ1) is 12.7. The van der Waals surface area contributed by atoms with Crippen molar-refractivity contribution in [3.63, 3.8) is 0 Å². The van der Waals surface area contributed by atoms with E-state index >= 15 is 0 Å². The van der Waals surface area contributed by atoms with Crippen LogP contribution in [-0.2, 0) is 4.74 Å². The lowest BCUT2D eigenvalue weighted by molar-refractivity contribution is 0.0528. The van der Waals surface area contributed by atoms with Gasteiger partial charge < -0.3 is 4.74 Å². The van der Waals surface area contributed by atoms with E-state index in [-0.39, 0.29) is 12.2 Å². The smallest absolute Gasteiger partial charge is 0.340 e. The van der Waals surface area contributed by atoms with Gasteiger partial charge in [0.25, 0.3) is 0 Å². The number of nitrogens with zero attached hydrogens (tertiary/aromatic N) is 4. The molecule has 6 nitrogen and oxygen atoms in total. The summed E-state index contributed by atoms with van der Waals surface area (Å²) in [6.07, 6.45) is 4.53. The van der Waals surface area contributed by atoms with Gasteiger partial charge in [-0.2, -0.15) is 5.10 Å². The molecule has 7 heteroatoms. The standard InChI is InChI=1S/C19H13FN4O2/c1-2-26-19(25)13-9-12-16(11-5-3-4-6-15(11)20)21-7-8-22-17(12)14-10-23-24-18(13)14/h3-10H,2H2,1H3. The summed E-state index contributed by atoms with van der Waals surface area (Å²) in [7, 11) is 0. The van der Waals surface area contributed by atoms with Gasteiger partial charge in [-0.15, -0.1) is 5.10 Å². The molecule has 0 N–H and O–H groups in total. The number of halogens is 1. The average Bonchev–Trinajstić information content (AvgIpc) is 3.03. The molecule has 0 aliphatic heterocycles. The predicted octanol–water partition coefficient (Wildman–Crippen LogP) is 3.56. The number of benzene rings is 2. The molecule has 0 saturated heterocycles. The summed E-state index contributed by atoms with van der Waals surface area (Å²) in [6, 6.07) is 7.91. The van der Waals surface area contributed by atoms with Crippen LogP contribution in [0.1, 0.15) is 17.3 Å². The number of hydrogen-bond donors (Lipinski definition) is 0. The predicted molar refractivity (Wildman–Crippen MR) is 94.0 cm³/mol. The quantitative estimate of drug-likeness (QED) is 0.527. The highest BCUT2D eigenvalue weighted by Crippen LogP contribution is 2.32. The van der Waals surface area contributed by atoms with Crippen LogP contribution in [0.25, 0.3) is 33.1 Å². The van der Waals surface area contributed by atoms with Gasteiger partial charge in [0.2, 0.25) is 0 Å². The Morgan fingerprint density at radius 1 is 1.12 bits per heavy atom. The van der Waals surface area contributed by atoms with Gasteiger partial charge in [-0.05, 0) is 25.1 Å². The van der Waals surface area contributed by atoms with Crippen molar-refractivity contribution in [1.29, 1.82) is 0 Å². The van der Waals surface area contributed by atoms with E-state index in [1.54, 1.807) is 31.2 Å². The van der Waals surface area contributed by atoms with Gasteiger partial charge in [-0.25, -0.2) is 9.18 Å². The lowest BCUT2D eigenvalue weighted by Gasteiger charge is -2.07. The molecular weight excluding hydrogens is 335 g/mol. The molecule has 26 heavy (non-hydrogen) atoms. The Hall–Kier alpha value is -3.48. The van der Waals surface area contributed by atoms with E-state index in [0.29, 0.717) is 33.1 Å². The van der Waals surface area contributed by atoms with Crippen LogP contribution in [-0.4, -0.2) is 32.7 Å². The van der Waals surface area contributed by atoms with Crippen LogP contribution in [0, 0.1) is 5.82 Å². The zero-order valence-electron chi connectivity index (χ0n) is 13.8. The van der Waals surface area contributed by atoms with Crippen LogP contribution in [0.2, 0.25) is 0 Å². The molecule has 0 aliphatic rings. The van der Waals surface area contributed by atoms with Gasteiger partial charge >= 0.3 is 5.97 Å². The number of carbonyl (C=O) groups is 1. The van der Waals surface area contributed by atoms with Crippen molar-refractivity contribution in [1.82, 2.24) is 20.2 Å². The Balaban J connectivity index is 2.14. The molecule has 128 valence electrons. The van der Waals surface area contributed by atoms with Crippen molar-refractivity contribution in [3.8, 4) is 11.3 Å². The van der Waals surface area contributed by atoms with Gasteiger partial charge in [-0.3, -0.25) is 9.97 Å². The second-order valence-electron chi connectivity index (χ2n) is 5.53. The average molecular weight is 348 g/mol. The van der Waals surface area contributed by atoms with Crippen molar-refractivity contribution in [2.24, 2.45) is 0 Å². The molecule has 2 heterocycles. The second kappa shape index (κ2) is 6.44. The first kappa shape index (κ1) is 16.0. The summed E-state index contributed by atoms with van der Waals surface area (Å²) >= 11 is 0. The van der Waals surface area contributed by atoms with Gasteiger partial charge in [0, 0.05) is 28.7 Å². The fourth-order valence-corrected chi connectivity index (χ4v) is 2.89. The van der Waals surface area contributed by atoms with Crippen LogP contribution in [0.5, 0.6) is 0 Å². The molecule has 0 fully saturated rings. The summed E-state index contributed by atoms with van der Waals surface area (Å²) < 4.78 is 19.5. The van der Waals surface area contributed by atoms with Crippen molar-refractivity contribution >= 4 is 27.8 Å². The third-order valence-electron chi connectivity index (χ3n) is 4.01. The number of carbonyl (C=O) groups excluding carboxylic acids is 1. The summed E-state index contributed by atoms with van der Waals surface area (Å²) in [5, 5.41) is 9.03. The molecule has 4 rings (SSSR count). The number of rotatable bonds is 3. The van der Waals surface area contributed by atoms with E-state index in [2.05, 4.69) is 20.2 Å². The van der Waals surface area contributed by atoms with Gasteiger partial charge in [-0.1, -0.05) is 12.1 Å². The fraction of sp³-hybridized carbons (Fsp3) is 0.105. The molecular formula is C19H13FN4O2. The molecule has 2 aromatic heterocycles. The molecule has 0 amide bonds. The zero-order valence-corrected chi connectivity index (χ0v) is 13.8. The van der Waals surface area contributed by atoms with E-state index < -0.39 is 11.8 Å². The minimum atomic E-state index is -0.522. The first-order valence-corrected chi connectivity index (χ1v) is 8.02. The molecule has 4 aromatic rings. The van der Waals surface area contributed by atoms with E-state index in [1.807, 2.05) is 0 Å². The summed E-state index contributed by atoms with van der Waals surface area (Å²) in [5.74, 6) is -0.935. The van der Waals surface area contributed by atoms with Crippen molar-refractivity contribution in [3.05, 3.63) is 60.3 Å². The SMILES string of the molecule is CCOC(=O)c1cc2c(-c3ccccc3F)nccnc2c2cnnc12. The number of esters is 1.